The van der Waals surface area contributed by atoms with Crippen molar-refractivity contribution in [1.29, 1.82) is 0 Å². The van der Waals surface area contributed by atoms with E-state index in [0.717, 1.165) is 37.3 Å². The Hall–Kier alpha value is -4.75. The summed E-state index contributed by atoms with van der Waals surface area (Å²) in [6, 6.07) is 7.24. The first kappa shape index (κ1) is 25.5. The average Bonchev–Trinajstić information content (AvgIpc) is 3.60. The number of anilines is 5. The van der Waals surface area contributed by atoms with E-state index in [2.05, 4.69) is 59.4 Å². The van der Waals surface area contributed by atoms with E-state index >= 15 is 0 Å². The number of fused-ring (bicyclic) bond motifs is 1. The third-order valence-electron chi connectivity index (χ3n) is 6.61. The highest BCUT2D eigenvalue weighted by molar-refractivity contribution is 5.64. The molecule has 1 fully saturated rings. The predicted molar refractivity (Wildman–Crippen MR) is 143 cm³/mol. The van der Waals surface area contributed by atoms with E-state index in [-0.39, 0.29) is 23.3 Å². The molecule has 5 aromatic rings. The zero-order valence-corrected chi connectivity index (χ0v) is 21.7. The van der Waals surface area contributed by atoms with Crippen molar-refractivity contribution < 1.29 is 13.2 Å². The molecule has 0 bridgehead atoms. The van der Waals surface area contributed by atoms with E-state index in [0.29, 0.717) is 23.5 Å². The van der Waals surface area contributed by atoms with E-state index in [4.69, 9.17) is 0 Å². The molecule has 1 aliphatic rings. The number of halogens is 3. The average molecular weight is 550 g/mol. The van der Waals surface area contributed by atoms with Gasteiger partial charge in [0.15, 0.2) is 0 Å². The van der Waals surface area contributed by atoms with Crippen LogP contribution in [0.3, 0.4) is 0 Å². The van der Waals surface area contributed by atoms with Crippen molar-refractivity contribution in [3.8, 4) is 5.69 Å². The first-order valence-corrected chi connectivity index (χ1v) is 12.7. The van der Waals surface area contributed by atoms with E-state index in [1.54, 1.807) is 6.20 Å². The molecular weight excluding hydrogens is 523 g/mol. The summed E-state index contributed by atoms with van der Waals surface area (Å²) in [5.41, 5.74) is 0.926. The van der Waals surface area contributed by atoms with Gasteiger partial charge in [0.2, 0.25) is 17.8 Å². The number of piperidine rings is 1. The monoisotopic (exact) mass is 549 g/mol. The summed E-state index contributed by atoms with van der Waals surface area (Å²) in [6.07, 6.45) is 4.50. The third-order valence-corrected chi connectivity index (χ3v) is 6.61. The van der Waals surface area contributed by atoms with Crippen LogP contribution in [0.15, 0.2) is 61.6 Å². The Labute approximate surface area is 227 Å². The Morgan fingerprint density at radius 2 is 1.65 bits per heavy atom. The van der Waals surface area contributed by atoms with Gasteiger partial charge in [-0.3, -0.25) is 0 Å². The molecule has 0 saturated carbocycles. The molecule has 11 nitrogen and oxygen atoms in total. The van der Waals surface area contributed by atoms with Crippen molar-refractivity contribution in [1.82, 2.24) is 39.1 Å². The minimum atomic E-state index is -4.57. The SMILES string of the molecule is CC1CC(C)CN(c2nc(Nc3cc(-n4cncn4)cc(C(F)(F)F)c3)nc(Nc3ccn4ccnc4c3)n2)C1. The molecule has 2 atom stereocenters. The van der Waals surface area contributed by atoms with Crippen molar-refractivity contribution in [3.05, 3.63) is 67.1 Å². The van der Waals surface area contributed by atoms with Gasteiger partial charge >= 0.3 is 6.18 Å². The number of hydrogen-bond donors (Lipinski definition) is 2. The van der Waals surface area contributed by atoms with Gasteiger partial charge in [0.05, 0.1) is 11.3 Å². The smallest absolute Gasteiger partial charge is 0.340 e. The van der Waals surface area contributed by atoms with Crippen LogP contribution in [0.4, 0.5) is 42.4 Å². The van der Waals surface area contributed by atoms with E-state index in [9.17, 15) is 13.2 Å². The number of alkyl halides is 3. The lowest BCUT2D eigenvalue weighted by atomic mass is 9.92. The second kappa shape index (κ2) is 10.1. The van der Waals surface area contributed by atoms with Gasteiger partial charge in [-0.05, 0) is 42.5 Å². The van der Waals surface area contributed by atoms with Gasteiger partial charge in [-0.1, -0.05) is 13.8 Å². The molecule has 2 N–H and O–H groups in total. The molecule has 5 heterocycles. The Morgan fingerprint density at radius 1 is 0.900 bits per heavy atom. The van der Waals surface area contributed by atoms with Gasteiger partial charge in [-0.25, -0.2) is 14.6 Å². The Morgan fingerprint density at radius 3 is 2.35 bits per heavy atom. The van der Waals surface area contributed by atoms with Crippen molar-refractivity contribution in [2.75, 3.05) is 28.6 Å². The largest absolute Gasteiger partial charge is 0.416 e. The molecule has 206 valence electrons. The fourth-order valence-electron chi connectivity index (χ4n) is 5.01. The van der Waals surface area contributed by atoms with Crippen molar-refractivity contribution in [2.24, 2.45) is 11.8 Å². The van der Waals surface area contributed by atoms with Gasteiger partial charge in [-0.2, -0.15) is 33.2 Å². The zero-order chi connectivity index (χ0) is 27.9. The molecule has 1 saturated heterocycles. The van der Waals surface area contributed by atoms with Gasteiger partial charge in [-0.15, -0.1) is 0 Å². The number of imidazole rings is 1. The van der Waals surface area contributed by atoms with Crippen LogP contribution in [0.5, 0.6) is 0 Å². The highest BCUT2D eigenvalue weighted by Gasteiger charge is 2.32. The van der Waals surface area contributed by atoms with Crippen molar-refractivity contribution in [3.63, 3.8) is 0 Å². The van der Waals surface area contributed by atoms with Crippen LogP contribution in [0.2, 0.25) is 0 Å². The summed E-state index contributed by atoms with van der Waals surface area (Å²) >= 11 is 0. The van der Waals surface area contributed by atoms with Crippen molar-refractivity contribution in [2.45, 2.75) is 26.4 Å². The van der Waals surface area contributed by atoms with Gasteiger partial charge in [0, 0.05) is 49.1 Å². The highest BCUT2D eigenvalue weighted by Crippen LogP contribution is 2.34. The first-order valence-electron chi connectivity index (χ1n) is 12.7. The molecule has 0 amide bonds. The Bertz CT molecular complexity index is 1620. The third kappa shape index (κ3) is 5.51. The van der Waals surface area contributed by atoms with Gasteiger partial charge in [0.1, 0.15) is 18.3 Å². The van der Waals surface area contributed by atoms with Crippen LogP contribution in [0.25, 0.3) is 11.3 Å². The number of hydrogen-bond acceptors (Lipinski definition) is 9. The summed E-state index contributed by atoms with van der Waals surface area (Å²) < 4.78 is 44.4. The lowest BCUT2D eigenvalue weighted by molar-refractivity contribution is -0.137. The van der Waals surface area contributed by atoms with Crippen LogP contribution in [-0.2, 0) is 6.18 Å². The lowest BCUT2D eigenvalue weighted by Crippen LogP contribution is -2.39. The van der Waals surface area contributed by atoms with Crippen LogP contribution in [-0.4, -0.2) is 52.2 Å². The number of pyridine rings is 1. The molecule has 0 radical (unpaired) electrons. The minimum absolute atomic E-state index is 0.101. The summed E-state index contributed by atoms with van der Waals surface area (Å²) in [5, 5.41) is 10.1. The molecule has 4 aromatic heterocycles. The fourth-order valence-corrected chi connectivity index (χ4v) is 5.01. The summed E-state index contributed by atoms with van der Waals surface area (Å²) in [7, 11) is 0. The lowest BCUT2D eigenvalue weighted by Gasteiger charge is -2.35. The second-order valence-corrected chi connectivity index (χ2v) is 10.1. The summed E-state index contributed by atoms with van der Waals surface area (Å²) in [5.74, 6) is 1.65. The maximum atomic E-state index is 13.8. The maximum Gasteiger partial charge on any atom is 0.416 e. The predicted octanol–water partition coefficient (Wildman–Crippen LogP) is 5.09. The van der Waals surface area contributed by atoms with Crippen LogP contribution in [0, 0.1) is 11.8 Å². The molecular formula is C26H26F3N11. The number of aromatic nitrogens is 8. The molecule has 14 heteroatoms. The number of benzene rings is 1. The standard InChI is InChI=1S/C26H26F3N11/c1-16-7-17(2)13-39(12-16)25-36-23(33-19-3-5-38-6-4-31-22(38)11-19)35-24(37-25)34-20-8-18(26(27,28)29)9-21(10-20)40-15-30-14-32-40/h3-6,8-11,14-17H,7,12-13H2,1-2H3,(H2,33,34,35,36,37). The maximum absolute atomic E-state index is 13.8. The molecule has 0 aliphatic carbocycles. The van der Waals surface area contributed by atoms with Crippen LogP contribution < -0.4 is 15.5 Å². The highest BCUT2D eigenvalue weighted by atomic mass is 19.4. The van der Waals surface area contributed by atoms with Crippen LogP contribution in [0.1, 0.15) is 25.8 Å². The van der Waals surface area contributed by atoms with Gasteiger partial charge in [0.25, 0.3) is 0 Å². The molecule has 2 unspecified atom stereocenters. The molecule has 1 aromatic carbocycles. The molecule has 1 aliphatic heterocycles. The number of nitrogens with zero attached hydrogens (tertiary/aromatic N) is 9. The summed E-state index contributed by atoms with van der Waals surface area (Å²) in [6.45, 7) is 5.87. The molecule has 0 spiro atoms. The molecule has 6 rings (SSSR count). The quantitative estimate of drug-likeness (QED) is 0.299. The van der Waals surface area contributed by atoms with E-state index < -0.39 is 11.7 Å². The molecule has 40 heavy (non-hydrogen) atoms. The van der Waals surface area contributed by atoms with Crippen molar-refractivity contribution >= 4 is 34.9 Å². The zero-order valence-electron chi connectivity index (χ0n) is 21.7. The fraction of sp³-hybridized carbons (Fsp3) is 0.308. The Balaban J connectivity index is 1.38. The first-order chi connectivity index (χ1) is 19.2. The van der Waals surface area contributed by atoms with E-state index in [1.807, 2.05) is 28.9 Å². The topological polar surface area (TPSA) is 114 Å². The van der Waals surface area contributed by atoms with Gasteiger partial charge < -0.3 is 19.9 Å². The Kier molecular flexibility index (Phi) is 6.44. The summed E-state index contributed by atoms with van der Waals surface area (Å²) in [4.78, 5) is 24.0. The van der Waals surface area contributed by atoms with Crippen LogP contribution >= 0.6 is 0 Å². The van der Waals surface area contributed by atoms with E-state index in [1.165, 1.54) is 23.4 Å². The number of rotatable bonds is 6. The minimum Gasteiger partial charge on any atom is -0.340 e. The second-order valence-electron chi connectivity index (χ2n) is 10.1. The number of nitrogens with one attached hydrogen (secondary N) is 2. The normalized spacial score (nSPS) is 17.8.